The lowest BCUT2D eigenvalue weighted by Gasteiger charge is -2.31. The number of carbonyl (C=O) groups excluding carboxylic acids is 2. The van der Waals surface area contributed by atoms with Crippen LogP contribution in [0.15, 0.2) is 30.3 Å². The molecule has 1 aliphatic heterocycles. The Morgan fingerprint density at radius 1 is 1.28 bits per heavy atom. The standard InChI is InChI=1S/C19H29N3O3/c1-15(13-20)14-21-19(24)16-7-10-22(11-8-16)18(23)9-12-25-17-5-3-2-4-6-17/h2-6,15-16H,7-14,20H2,1H3,(H,21,24). The molecule has 1 heterocycles. The first kappa shape index (κ1) is 19.2. The highest BCUT2D eigenvalue weighted by Gasteiger charge is 2.27. The number of nitrogens with two attached hydrogens (primary N) is 1. The van der Waals surface area contributed by atoms with Gasteiger partial charge in [-0.25, -0.2) is 0 Å². The maximum Gasteiger partial charge on any atom is 0.225 e. The third-order valence-corrected chi connectivity index (χ3v) is 4.57. The zero-order valence-electron chi connectivity index (χ0n) is 14.9. The minimum Gasteiger partial charge on any atom is -0.493 e. The summed E-state index contributed by atoms with van der Waals surface area (Å²) in [5.74, 6) is 1.23. The van der Waals surface area contributed by atoms with Crippen LogP contribution < -0.4 is 15.8 Å². The summed E-state index contributed by atoms with van der Waals surface area (Å²) in [6.07, 6.45) is 1.79. The Bertz CT molecular complexity index is 542. The number of rotatable bonds is 8. The van der Waals surface area contributed by atoms with Gasteiger partial charge in [-0.3, -0.25) is 9.59 Å². The van der Waals surface area contributed by atoms with E-state index in [9.17, 15) is 9.59 Å². The molecule has 1 saturated heterocycles. The second-order valence-corrected chi connectivity index (χ2v) is 6.65. The van der Waals surface area contributed by atoms with Crippen molar-refractivity contribution in [2.75, 3.05) is 32.8 Å². The van der Waals surface area contributed by atoms with E-state index in [4.69, 9.17) is 10.5 Å². The number of nitrogens with one attached hydrogen (secondary N) is 1. The lowest BCUT2D eigenvalue weighted by molar-refractivity contribution is -0.136. The van der Waals surface area contributed by atoms with Crippen LogP contribution in [0.3, 0.4) is 0 Å². The smallest absolute Gasteiger partial charge is 0.225 e. The molecule has 2 amide bonds. The third kappa shape index (κ3) is 6.38. The topological polar surface area (TPSA) is 84.7 Å². The lowest BCUT2D eigenvalue weighted by Crippen LogP contribution is -2.44. The monoisotopic (exact) mass is 347 g/mol. The van der Waals surface area contributed by atoms with E-state index >= 15 is 0 Å². The van der Waals surface area contributed by atoms with Gasteiger partial charge in [-0.1, -0.05) is 25.1 Å². The van der Waals surface area contributed by atoms with Crippen molar-refractivity contribution < 1.29 is 14.3 Å². The predicted octanol–water partition coefficient (Wildman–Crippen LogP) is 1.41. The zero-order chi connectivity index (χ0) is 18.1. The van der Waals surface area contributed by atoms with Crippen molar-refractivity contribution in [3.8, 4) is 5.75 Å². The average Bonchev–Trinajstić information content (AvgIpc) is 2.66. The van der Waals surface area contributed by atoms with Crippen molar-refractivity contribution in [2.24, 2.45) is 17.6 Å². The summed E-state index contributed by atoms with van der Waals surface area (Å²) < 4.78 is 5.57. The second-order valence-electron chi connectivity index (χ2n) is 6.65. The van der Waals surface area contributed by atoms with Crippen molar-refractivity contribution in [3.05, 3.63) is 30.3 Å². The maximum absolute atomic E-state index is 12.3. The molecule has 6 heteroatoms. The van der Waals surface area contributed by atoms with E-state index in [-0.39, 0.29) is 23.7 Å². The fraction of sp³-hybridized carbons (Fsp3) is 0.579. The number of para-hydroxylation sites is 1. The molecule has 6 nitrogen and oxygen atoms in total. The number of benzene rings is 1. The second kappa shape index (κ2) is 10.0. The van der Waals surface area contributed by atoms with Gasteiger partial charge in [-0.05, 0) is 37.4 Å². The van der Waals surface area contributed by atoms with Crippen molar-refractivity contribution in [3.63, 3.8) is 0 Å². The summed E-state index contributed by atoms with van der Waals surface area (Å²) in [6.45, 7) is 4.84. The normalized spacial score (nSPS) is 16.3. The van der Waals surface area contributed by atoms with Gasteiger partial charge in [-0.15, -0.1) is 0 Å². The first-order valence-electron chi connectivity index (χ1n) is 9.03. The van der Waals surface area contributed by atoms with Gasteiger partial charge in [0.1, 0.15) is 5.75 Å². The van der Waals surface area contributed by atoms with Gasteiger partial charge >= 0.3 is 0 Å². The van der Waals surface area contributed by atoms with Gasteiger partial charge in [0.05, 0.1) is 13.0 Å². The molecule has 1 fully saturated rings. The van der Waals surface area contributed by atoms with Crippen molar-refractivity contribution in [1.82, 2.24) is 10.2 Å². The summed E-state index contributed by atoms with van der Waals surface area (Å²) >= 11 is 0. The summed E-state index contributed by atoms with van der Waals surface area (Å²) in [5, 5.41) is 2.96. The molecule has 2 rings (SSSR count). The number of likely N-dealkylation sites (tertiary alicyclic amines) is 1. The number of amides is 2. The van der Waals surface area contributed by atoms with Crippen LogP contribution in [0.4, 0.5) is 0 Å². The zero-order valence-corrected chi connectivity index (χ0v) is 14.9. The molecule has 1 atom stereocenters. The van der Waals surface area contributed by atoms with Crippen LogP contribution in [-0.4, -0.2) is 49.5 Å². The number of carbonyl (C=O) groups is 2. The van der Waals surface area contributed by atoms with Crippen LogP contribution in [-0.2, 0) is 9.59 Å². The quantitative estimate of drug-likeness (QED) is 0.744. The average molecular weight is 347 g/mol. The van der Waals surface area contributed by atoms with E-state index in [1.165, 1.54) is 0 Å². The highest BCUT2D eigenvalue weighted by Crippen LogP contribution is 2.18. The van der Waals surface area contributed by atoms with Crippen LogP contribution in [0.2, 0.25) is 0 Å². The Balaban J connectivity index is 1.65. The molecule has 138 valence electrons. The molecule has 1 aliphatic rings. The van der Waals surface area contributed by atoms with E-state index in [1.807, 2.05) is 42.2 Å². The van der Waals surface area contributed by atoms with E-state index < -0.39 is 0 Å². The van der Waals surface area contributed by atoms with Crippen molar-refractivity contribution in [2.45, 2.75) is 26.2 Å². The van der Waals surface area contributed by atoms with E-state index in [0.29, 0.717) is 52.0 Å². The van der Waals surface area contributed by atoms with Crippen molar-refractivity contribution >= 4 is 11.8 Å². The molecular weight excluding hydrogens is 318 g/mol. The maximum atomic E-state index is 12.3. The van der Waals surface area contributed by atoms with Crippen LogP contribution in [0.1, 0.15) is 26.2 Å². The Hall–Kier alpha value is -2.08. The lowest BCUT2D eigenvalue weighted by atomic mass is 9.95. The van der Waals surface area contributed by atoms with Crippen LogP contribution in [0.5, 0.6) is 5.75 Å². The number of piperidine rings is 1. The fourth-order valence-corrected chi connectivity index (χ4v) is 2.82. The first-order chi connectivity index (χ1) is 12.1. The first-order valence-corrected chi connectivity index (χ1v) is 9.03. The number of hydrogen-bond donors (Lipinski definition) is 2. The van der Waals surface area contributed by atoms with Gasteiger partial charge in [0.15, 0.2) is 0 Å². The third-order valence-electron chi connectivity index (χ3n) is 4.57. The SMILES string of the molecule is CC(CN)CNC(=O)C1CCN(C(=O)CCOc2ccccc2)CC1. The Labute approximate surface area is 149 Å². The highest BCUT2D eigenvalue weighted by atomic mass is 16.5. The predicted molar refractivity (Wildman–Crippen MR) is 97.1 cm³/mol. The van der Waals surface area contributed by atoms with Crippen LogP contribution in [0.25, 0.3) is 0 Å². The molecule has 25 heavy (non-hydrogen) atoms. The fourth-order valence-electron chi connectivity index (χ4n) is 2.82. The molecule has 1 unspecified atom stereocenters. The molecule has 0 aromatic heterocycles. The van der Waals surface area contributed by atoms with E-state index in [0.717, 1.165) is 5.75 Å². The molecule has 1 aromatic rings. The van der Waals surface area contributed by atoms with Crippen molar-refractivity contribution in [1.29, 1.82) is 0 Å². The summed E-state index contributed by atoms with van der Waals surface area (Å²) in [5.41, 5.74) is 5.56. The molecular formula is C19H29N3O3. The van der Waals surface area contributed by atoms with E-state index in [2.05, 4.69) is 5.32 Å². The molecule has 0 bridgehead atoms. The molecule has 3 N–H and O–H groups in total. The number of ether oxygens (including phenoxy) is 1. The minimum atomic E-state index is -0.00501. The van der Waals surface area contributed by atoms with Gasteiger partial charge in [0.2, 0.25) is 11.8 Å². The Morgan fingerprint density at radius 2 is 1.96 bits per heavy atom. The summed E-state index contributed by atoms with van der Waals surface area (Å²) in [6, 6.07) is 9.48. The van der Waals surface area contributed by atoms with Gasteiger partial charge in [0.25, 0.3) is 0 Å². The molecule has 0 saturated carbocycles. The van der Waals surface area contributed by atoms with Gasteiger partial charge in [-0.2, -0.15) is 0 Å². The van der Waals surface area contributed by atoms with Crippen LogP contribution >= 0.6 is 0 Å². The van der Waals surface area contributed by atoms with Crippen LogP contribution in [0, 0.1) is 11.8 Å². The van der Waals surface area contributed by atoms with E-state index in [1.54, 1.807) is 0 Å². The molecule has 1 aromatic carbocycles. The Morgan fingerprint density at radius 3 is 2.60 bits per heavy atom. The summed E-state index contributed by atoms with van der Waals surface area (Å²) in [7, 11) is 0. The highest BCUT2D eigenvalue weighted by molar-refractivity contribution is 5.80. The summed E-state index contributed by atoms with van der Waals surface area (Å²) in [4.78, 5) is 26.2. The number of hydrogen-bond acceptors (Lipinski definition) is 4. The Kier molecular flexibility index (Phi) is 7.73. The number of nitrogens with zero attached hydrogens (tertiary/aromatic N) is 1. The largest absolute Gasteiger partial charge is 0.493 e. The molecule has 0 spiro atoms. The molecule has 0 aliphatic carbocycles. The molecule has 0 radical (unpaired) electrons. The van der Waals surface area contributed by atoms with Gasteiger partial charge < -0.3 is 20.7 Å². The minimum absolute atomic E-state index is 0.00501. The van der Waals surface area contributed by atoms with Gasteiger partial charge in [0, 0.05) is 25.6 Å².